The quantitative estimate of drug-likeness (QED) is 0.668. The molecule has 2 aromatic rings. The number of aliphatic carboxylic acids is 1. The van der Waals surface area contributed by atoms with Crippen LogP contribution in [0.5, 0.6) is 0 Å². The van der Waals surface area contributed by atoms with Gasteiger partial charge in [0.1, 0.15) is 12.6 Å². The number of carbonyl (C=O) groups excluding carboxylic acids is 2. The maximum absolute atomic E-state index is 11.5. The van der Waals surface area contributed by atoms with Gasteiger partial charge in [0.05, 0.1) is 0 Å². The third-order valence-corrected chi connectivity index (χ3v) is 3.84. The molecule has 0 bridgehead atoms. The van der Waals surface area contributed by atoms with Crippen LogP contribution in [-0.2, 0) is 21.4 Å². The van der Waals surface area contributed by atoms with Gasteiger partial charge in [-0.15, -0.1) is 0 Å². The Hall–Kier alpha value is -2.49. The van der Waals surface area contributed by atoms with Gasteiger partial charge in [0.2, 0.25) is 0 Å². The SMILES string of the molecule is O=Cc1ccc2cccc3c2c1CC3(C=O)C(=O)O. The summed E-state index contributed by atoms with van der Waals surface area (Å²) in [5, 5.41) is 11.0. The molecule has 0 heterocycles. The van der Waals surface area contributed by atoms with Crippen LogP contribution in [0.15, 0.2) is 30.3 Å². The second-order valence-electron chi connectivity index (χ2n) is 4.73. The van der Waals surface area contributed by atoms with Gasteiger partial charge in [-0.2, -0.15) is 0 Å². The van der Waals surface area contributed by atoms with Gasteiger partial charge in [-0.05, 0) is 21.9 Å². The fraction of sp³-hybridized carbons (Fsp3) is 0.133. The van der Waals surface area contributed by atoms with Gasteiger partial charge < -0.3 is 9.90 Å². The van der Waals surface area contributed by atoms with E-state index < -0.39 is 11.4 Å². The molecule has 2 aromatic carbocycles. The molecule has 0 aromatic heterocycles. The van der Waals surface area contributed by atoms with Gasteiger partial charge in [-0.25, -0.2) is 0 Å². The molecule has 0 saturated heterocycles. The second kappa shape index (κ2) is 3.75. The van der Waals surface area contributed by atoms with Crippen molar-refractivity contribution >= 4 is 29.3 Å². The second-order valence-corrected chi connectivity index (χ2v) is 4.73. The number of carbonyl (C=O) groups is 3. The topological polar surface area (TPSA) is 71.4 Å². The molecule has 1 unspecified atom stereocenters. The van der Waals surface area contributed by atoms with Gasteiger partial charge in [-0.3, -0.25) is 9.59 Å². The van der Waals surface area contributed by atoms with Crippen molar-refractivity contribution in [3.63, 3.8) is 0 Å². The first kappa shape index (κ1) is 11.6. The number of carboxylic acid groups (broad SMARTS) is 1. The van der Waals surface area contributed by atoms with Crippen molar-refractivity contribution in [1.82, 2.24) is 0 Å². The lowest BCUT2D eigenvalue weighted by molar-refractivity contribution is -0.145. The zero-order chi connectivity index (χ0) is 13.6. The number of benzene rings is 2. The highest BCUT2D eigenvalue weighted by Crippen LogP contribution is 2.42. The van der Waals surface area contributed by atoms with Gasteiger partial charge in [0.15, 0.2) is 5.41 Å². The molecule has 0 spiro atoms. The average molecular weight is 254 g/mol. The predicted molar refractivity (Wildman–Crippen MR) is 68.4 cm³/mol. The van der Waals surface area contributed by atoms with Gasteiger partial charge in [0.25, 0.3) is 0 Å². The van der Waals surface area contributed by atoms with E-state index in [1.54, 1.807) is 24.3 Å². The molecule has 0 saturated carbocycles. The molecule has 19 heavy (non-hydrogen) atoms. The minimum atomic E-state index is -1.57. The molecule has 1 aliphatic carbocycles. The van der Waals surface area contributed by atoms with E-state index in [9.17, 15) is 19.5 Å². The van der Waals surface area contributed by atoms with Crippen LogP contribution < -0.4 is 0 Å². The largest absolute Gasteiger partial charge is 0.480 e. The van der Waals surface area contributed by atoms with Gasteiger partial charge in [0, 0.05) is 12.0 Å². The van der Waals surface area contributed by atoms with E-state index in [0.29, 0.717) is 29.3 Å². The Morgan fingerprint density at radius 1 is 1.21 bits per heavy atom. The maximum atomic E-state index is 11.5. The number of rotatable bonds is 3. The molecular formula is C15H10O4. The smallest absolute Gasteiger partial charge is 0.321 e. The number of carboxylic acids is 1. The molecule has 1 atom stereocenters. The Morgan fingerprint density at radius 3 is 2.63 bits per heavy atom. The molecule has 0 aliphatic heterocycles. The summed E-state index contributed by atoms with van der Waals surface area (Å²) in [4.78, 5) is 34.0. The molecular weight excluding hydrogens is 244 g/mol. The molecule has 0 radical (unpaired) electrons. The summed E-state index contributed by atoms with van der Waals surface area (Å²) in [6.07, 6.45) is 1.21. The normalized spacial score (nSPS) is 20.4. The fourth-order valence-electron chi connectivity index (χ4n) is 2.86. The third-order valence-electron chi connectivity index (χ3n) is 3.84. The van der Waals surface area contributed by atoms with Crippen LogP contribution >= 0.6 is 0 Å². The molecule has 94 valence electrons. The monoisotopic (exact) mass is 254 g/mol. The average Bonchev–Trinajstić information content (AvgIpc) is 2.77. The van der Waals surface area contributed by atoms with E-state index in [4.69, 9.17) is 0 Å². The van der Waals surface area contributed by atoms with Crippen molar-refractivity contribution < 1.29 is 19.5 Å². The van der Waals surface area contributed by atoms with E-state index in [1.165, 1.54) is 0 Å². The van der Waals surface area contributed by atoms with Gasteiger partial charge in [-0.1, -0.05) is 30.3 Å². The Bertz CT molecular complexity index is 732. The van der Waals surface area contributed by atoms with Crippen LogP contribution in [0.1, 0.15) is 21.5 Å². The van der Waals surface area contributed by atoms with E-state index >= 15 is 0 Å². The summed E-state index contributed by atoms with van der Waals surface area (Å²) < 4.78 is 0. The van der Waals surface area contributed by atoms with Crippen LogP contribution in [0, 0.1) is 0 Å². The first-order valence-corrected chi connectivity index (χ1v) is 5.84. The summed E-state index contributed by atoms with van der Waals surface area (Å²) in [6, 6.07) is 8.66. The highest BCUT2D eigenvalue weighted by Gasteiger charge is 2.47. The summed E-state index contributed by atoms with van der Waals surface area (Å²) in [6.45, 7) is 0. The van der Waals surface area contributed by atoms with Crippen molar-refractivity contribution in [3.05, 3.63) is 47.0 Å². The number of hydrogen-bond donors (Lipinski definition) is 1. The molecule has 4 heteroatoms. The van der Waals surface area contributed by atoms with Crippen LogP contribution in [0.3, 0.4) is 0 Å². The highest BCUT2D eigenvalue weighted by atomic mass is 16.4. The van der Waals surface area contributed by atoms with Crippen molar-refractivity contribution in [1.29, 1.82) is 0 Å². The number of aldehydes is 2. The van der Waals surface area contributed by atoms with E-state index in [1.807, 2.05) is 6.07 Å². The van der Waals surface area contributed by atoms with E-state index in [-0.39, 0.29) is 6.42 Å². The maximum Gasteiger partial charge on any atom is 0.321 e. The zero-order valence-corrected chi connectivity index (χ0v) is 9.92. The van der Waals surface area contributed by atoms with E-state index in [2.05, 4.69) is 0 Å². The lowest BCUT2D eigenvalue weighted by Gasteiger charge is -2.17. The summed E-state index contributed by atoms with van der Waals surface area (Å²) in [7, 11) is 0. The Kier molecular flexibility index (Phi) is 2.29. The molecule has 3 rings (SSSR count). The standard InChI is InChI=1S/C15H10O4/c16-7-10-5-4-9-2-1-3-12-13(9)11(10)6-15(12,8-17)14(18)19/h1-5,7-8H,6H2,(H,18,19). The van der Waals surface area contributed by atoms with Crippen molar-refractivity contribution in [2.75, 3.05) is 0 Å². The van der Waals surface area contributed by atoms with Crippen molar-refractivity contribution in [2.45, 2.75) is 11.8 Å². The van der Waals surface area contributed by atoms with Crippen LogP contribution in [0.2, 0.25) is 0 Å². The van der Waals surface area contributed by atoms with Crippen LogP contribution in [0.4, 0.5) is 0 Å². The van der Waals surface area contributed by atoms with E-state index in [0.717, 1.165) is 10.8 Å². The minimum absolute atomic E-state index is 0.0383. The lowest BCUT2D eigenvalue weighted by atomic mass is 9.82. The summed E-state index contributed by atoms with van der Waals surface area (Å²) in [5.41, 5.74) is 0.00903. The Morgan fingerprint density at radius 2 is 2.00 bits per heavy atom. The lowest BCUT2D eigenvalue weighted by Crippen LogP contribution is -2.37. The van der Waals surface area contributed by atoms with Crippen molar-refractivity contribution in [2.24, 2.45) is 0 Å². The third kappa shape index (κ3) is 1.31. The Labute approximate surface area is 108 Å². The fourth-order valence-corrected chi connectivity index (χ4v) is 2.86. The zero-order valence-electron chi connectivity index (χ0n) is 9.92. The molecule has 4 nitrogen and oxygen atoms in total. The van der Waals surface area contributed by atoms with Gasteiger partial charge >= 0.3 is 5.97 Å². The molecule has 1 aliphatic rings. The summed E-state index contributed by atoms with van der Waals surface area (Å²) >= 11 is 0. The predicted octanol–water partition coefficient (Wildman–Crippen LogP) is 1.73. The van der Waals surface area contributed by atoms with Crippen molar-refractivity contribution in [3.8, 4) is 0 Å². The first-order chi connectivity index (χ1) is 9.14. The van der Waals surface area contributed by atoms with Crippen LogP contribution in [-0.4, -0.2) is 23.6 Å². The first-order valence-electron chi connectivity index (χ1n) is 5.84. The molecule has 1 N–H and O–H groups in total. The molecule has 0 fully saturated rings. The molecule has 0 amide bonds. The van der Waals surface area contributed by atoms with Crippen LogP contribution in [0.25, 0.3) is 10.8 Å². The number of hydrogen-bond acceptors (Lipinski definition) is 3. The highest BCUT2D eigenvalue weighted by molar-refractivity contribution is 6.10. The Balaban J connectivity index is 2.46. The summed E-state index contributed by atoms with van der Waals surface area (Å²) in [5.74, 6) is -1.18. The minimum Gasteiger partial charge on any atom is -0.480 e.